The van der Waals surface area contributed by atoms with Gasteiger partial charge in [-0.3, -0.25) is 0 Å². The maximum atomic E-state index is 12.3. The monoisotopic (exact) mass is 278 g/mol. The first-order chi connectivity index (χ1) is 9.61. The van der Waals surface area contributed by atoms with Crippen LogP contribution in [-0.4, -0.2) is 41.8 Å². The number of carbonyl (C=O) groups is 1. The molecule has 2 unspecified atom stereocenters. The second-order valence-electron chi connectivity index (χ2n) is 5.06. The van der Waals surface area contributed by atoms with Crippen molar-refractivity contribution < 1.29 is 14.6 Å². The summed E-state index contributed by atoms with van der Waals surface area (Å²) in [5.74, 6) is 0. The maximum Gasteiger partial charge on any atom is 0.322 e. The molecule has 0 bridgehead atoms. The molecule has 0 saturated carbocycles. The molecule has 1 aromatic carbocycles. The summed E-state index contributed by atoms with van der Waals surface area (Å²) in [5, 5.41) is 12.3. The lowest BCUT2D eigenvalue weighted by molar-refractivity contribution is 0.0144. The van der Waals surface area contributed by atoms with E-state index in [9.17, 15) is 9.90 Å². The minimum absolute atomic E-state index is 0.0926. The van der Waals surface area contributed by atoms with E-state index in [1.54, 1.807) is 19.1 Å². The number of aliphatic hydroxyl groups is 1. The Morgan fingerprint density at radius 3 is 2.80 bits per heavy atom. The number of carbonyl (C=O) groups excluding carboxylic acids is 1. The summed E-state index contributed by atoms with van der Waals surface area (Å²) < 4.78 is 5.40. The summed E-state index contributed by atoms with van der Waals surface area (Å²) in [5.41, 5.74) is 1.57. The first-order valence-corrected chi connectivity index (χ1v) is 7.05. The van der Waals surface area contributed by atoms with E-state index in [1.165, 1.54) is 0 Å². The Morgan fingerprint density at radius 1 is 1.50 bits per heavy atom. The molecule has 5 nitrogen and oxygen atoms in total. The van der Waals surface area contributed by atoms with Gasteiger partial charge in [-0.15, -0.1) is 0 Å². The van der Waals surface area contributed by atoms with Crippen molar-refractivity contribution in [2.45, 2.75) is 32.4 Å². The van der Waals surface area contributed by atoms with Gasteiger partial charge in [0, 0.05) is 12.2 Å². The van der Waals surface area contributed by atoms with Crippen LogP contribution in [0.3, 0.4) is 0 Å². The topological polar surface area (TPSA) is 61.8 Å². The third-order valence-corrected chi connectivity index (χ3v) is 3.60. The number of rotatable bonds is 3. The van der Waals surface area contributed by atoms with Gasteiger partial charge >= 0.3 is 6.03 Å². The molecular formula is C15H22N2O3. The number of ether oxygens (including phenoxy) is 1. The van der Waals surface area contributed by atoms with E-state index >= 15 is 0 Å². The van der Waals surface area contributed by atoms with Gasteiger partial charge < -0.3 is 20.1 Å². The maximum absolute atomic E-state index is 12.3. The van der Waals surface area contributed by atoms with Crippen molar-refractivity contribution >= 4 is 11.7 Å². The summed E-state index contributed by atoms with van der Waals surface area (Å²) in [4.78, 5) is 14.1. The van der Waals surface area contributed by atoms with Crippen LogP contribution in [0.2, 0.25) is 0 Å². The summed E-state index contributed by atoms with van der Waals surface area (Å²) in [7, 11) is 0. The van der Waals surface area contributed by atoms with Crippen molar-refractivity contribution in [1.82, 2.24) is 4.90 Å². The molecule has 20 heavy (non-hydrogen) atoms. The summed E-state index contributed by atoms with van der Waals surface area (Å²) in [6, 6.07) is 7.29. The number of urea groups is 1. The molecule has 1 aromatic rings. The largest absolute Gasteiger partial charge is 0.389 e. The van der Waals surface area contributed by atoms with Gasteiger partial charge in [0.15, 0.2) is 0 Å². The van der Waals surface area contributed by atoms with Gasteiger partial charge in [-0.1, -0.05) is 19.1 Å². The molecular weight excluding hydrogens is 256 g/mol. The SMILES string of the molecule is CCC1COCCN1C(=O)Nc1ccc(C(C)O)cc1. The third kappa shape index (κ3) is 3.49. The smallest absolute Gasteiger partial charge is 0.322 e. The van der Waals surface area contributed by atoms with Crippen LogP contribution in [0.25, 0.3) is 0 Å². The summed E-state index contributed by atoms with van der Waals surface area (Å²) >= 11 is 0. The molecule has 1 saturated heterocycles. The number of benzene rings is 1. The number of amides is 2. The minimum Gasteiger partial charge on any atom is -0.389 e. The lowest BCUT2D eigenvalue weighted by Crippen LogP contribution is -2.50. The molecule has 1 heterocycles. The van der Waals surface area contributed by atoms with Crippen LogP contribution >= 0.6 is 0 Å². The molecule has 1 aliphatic rings. The van der Waals surface area contributed by atoms with Crippen molar-refractivity contribution in [3.05, 3.63) is 29.8 Å². The van der Waals surface area contributed by atoms with Crippen LogP contribution in [0.15, 0.2) is 24.3 Å². The first-order valence-electron chi connectivity index (χ1n) is 7.05. The van der Waals surface area contributed by atoms with Crippen molar-refractivity contribution in [2.24, 2.45) is 0 Å². The molecule has 110 valence electrons. The number of hydrogen-bond donors (Lipinski definition) is 2. The Balaban J connectivity index is 1.99. The lowest BCUT2D eigenvalue weighted by Gasteiger charge is -2.35. The molecule has 0 aliphatic carbocycles. The number of nitrogens with one attached hydrogen (secondary N) is 1. The Hall–Kier alpha value is -1.59. The minimum atomic E-state index is -0.497. The van der Waals surface area contributed by atoms with E-state index < -0.39 is 6.10 Å². The van der Waals surface area contributed by atoms with Crippen molar-refractivity contribution in [3.8, 4) is 0 Å². The van der Waals surface area contributed by atoms with Gasteiger partial charge in [-0.2, -0.15) is 0 Å². The quantitative estimate of drug-likeness (QED) is 0.892. The lowest BCUT2D eigenvalue weighted by atomic mass is 10.1. The van der Waals surface area contributed by atoms with Gasteiger partial charge in [-0.05, 0) is 31.0 Å². The van der Waals surface area contributed by atoms with Gasteiger partial charge in [0.05, 0.1) is 25.4 Å². The summed E-state index contributed by atoms with van der Waals surface area (Å²) in [6.45, 7) is 5.58. The highest BCUT2D eigenvalue weighted by Crippen LogP contribution is 2.17. The Labute approximate surface area is 119 Å². The molecule has 0 spiro atoms. The van der Waals surface area contributed by atoms with Gasteiger partial charge in [0.25, 0.3) is 0 Å². The Morgan fingerprint density at radius 2 is 2.20 bits per heavy atom. The molecule has 2 N–H and O–H groups in total. The summed E-state index contributed by atoms with van der Waals surface area (Å²) in [6.07, 6.45) is 0.387. The van der Waals surface area contributed by atoms with Gasteiger partial charge in [0.2, 0.25) is 0 Å². The highest BCUT2D eigenvalue weighted by molar-refractivity contribution is 5.89. The molecule has 0 radical (unpaired) electrons. The van der Waals surface area contributed by atoms with E-state index in [-0.39, 0.29) is 12.1 Å². The van der Waals surface area contributed by atoms with Crippen molar-refractivity contribution in [2.75, 3.05) is 25.1 Å². The average Bonchev–Trinajstić information content (AvgIpc) is 2.47. The number of anilines is 1. The van der Waals surface area contributed by atoms with E-state index in [0.717, 1.165) is 17.7 Å². The molecule has 1 aliphatic heterocycles. The van der Waals surface area contributed by atoms with Crippen LogP contribution in [0, 0.1) is 0 Å². The fourth-order valence-electron chi connectivity index (χ4n) is 2.30. The zero-order valence-electron chi connectivity index (χ0n) is 12.0. The highest BCUT2D eigenvalue weighted by Gasteiger charge is 2.25. The zero-order valence-corrected chi connectivity index (χ0v) is 12.0. The average molecular weight is 278 g/mol. The van der Waals surface area contributed by atoms with Gasteiger partial charge in [-0.25, -0.2) is 4.79 Å². The number of aliphatic hydroxyl groups excluding tert-OH is 1. The second kappa shape index (κ2) is 6.72. The van der Waals surface area contributed by atoms with Crippen molar-refractivity contribution in [1.29, 1.82) is 0 Å². The Kier molecular flexibility index (Phi) is 4.98. The van der Waals surface area contributed by atoms with E-state index in [0.29, 0.717) is 19.8 Å². The fraction of sp³-hybridized carbons (Fsp3) is 0.533. The normalized spacial score (nSPS) is 20.6. The van der Waals surface area contributed by atoms with Crippen LogP contribution in [0.4, 0.5) is 10.5 Å². The fourth-order valence-corrected chi connectivity index (χ4v) is 2.30. The molecule has 0 aromatic heterocycles. The third-order valence-electron chi connectivity index (χ3n) is 3.60. The molecule has 1 fully saturated rings. The van der Waals surface area contributed by atoms with Crippen molar-refractivity contribution in [3.63, 3.8) is 0 Å². The van der Waals surface area contributed by atoms with E-state index in [1.807, 2.05) is 17.0 Å². The second-order valence-corrected chi connectivity index (χ2v) is 5.06. The first kappa shape index (κ1) is 14.8. The number of morpholine rings is 1. The van der Waals surface area contributed by atoms with E-state index in [2.05, 4.69) is 12.2 Å². The van der Waals surface area contributed by atoms with Crippen LogP contribution in [-0.2, 0) is 4.74 Å². The predicted molar refractivity (Wildman–Crippen MR) is 77.7 cm³/mol. The van der Waals surface area contributed by atoms with Gasteiger partial charge in [0.1, 0.15) is 0 Å². The number of nitrogens with zero attached hydrogens (tertiary/aromatic N) is 1. The molecule has 2 atom stereocenters. The molecule has 5 heteroatoms. The number of hydrogen-bond acceptors (Lipinski definition) is 3. The standard InChI is InChI=1S/C15H22N2O3/c1-3-14-10-20-9-8-17(14)15(19)16-13-6-4-12(5-7-13)11(2)18/h4-7,11,14,18H,3,8-10H2,1-2H3,(H,16,19). The Bertz CT molecular complexity index is 445. The van der Waals surface area contributed by atoms with Crippen LogP contribution in [0.1, 0.15) is 31.9 Å². The van der Waals surface area contributed by atoms with Crippen LogP contribution < -0.4 is 5.32 Å². The zero-order chi connectivity index (χ0) is 14.5. The predicted octanol–water partition coefficient (Wildman–Crippen LogP) is 2.38. The van der Waals surface area contributed by atoms with E-state index in [4.69, 9.17) is 4.74 Å². The highest BCUT2D eigenvalue weighted by atomic mass is 16.5. The molecule has 2 rings (SSSR count). The molecule has 2 amide bonds. The van der Waals surface area contributed by atoms with Crippen LogP contribution in [0.5, 0.6) is 0 Å².